The number of pyridine rings is 1. The lowest BCUT2D eigenvalue weighted by atomic mass is 10.2. The molecule has 0 radical (unpaired) electrons. The number of alkyl halides is 3. The van der Waals surface area contributed by atoms with Gasteiger partial charge in [0, 0.05) is 43.4 Å². The van der Waals surface area contributed by atoms with E-state index < -0.39 is 11.7 Å². The van der Waals surface area contributed by atoms with Gasteiger partial charge in [-0.25, -0.2) is 4.98 Å². The molecule has 0 atom stereocenters. The normalized spacial score (nSPS) is 11.3. The van der Waals surface area contributed by atoms with Gasteiger partial charge in [-0.1, -0.05) is 0 Å². The quantitative estimate of drug-likeness (QED) is 0.669. The Morgan fingerprint density at radius 1 is 1.00 bits per heavy atom. The molecular weight excluding hydrogens is 367 g/mol. The minimum atomic E-state index is -4.36. The van der Waals surface area contributed by atoms with Crippen molar-refractivity contribution < 1.29 is 13.2 Å². The van der Waals surface area contributed by atoms with Crippen molar-refractivity contribution in [3.8, 4) is 0 Å². The SMILES string of the molecule is Cc1cc(N(C)CCc2ccncc2)nc(Nc2ccc(C(F)(F)F)cc2)n1. The van der Waals surface area contributed by atoms with Crippen LogP contribution in [-0.4, -0.2) is 28.5 Å². The molecule has 0 aliphatic heterocycles. The van der Waals surface area contributed by atoms with Gasteiger partial charge in [-0.15, -0.1) is 0 Å². The zero-order valence-corrected chi connectivity index (χ0v) is 15.5. The van der Waals surface area contributed by atoms with Crippen LogP contribution in [0.1, 0.15) is 16.8 Å². The maximum Gasteiger partial charge on any atom is 0.416 e. The zero-order valence-electron chi connectivity index (χ0n) is 15.5. The van der Waals surface area contributed by atoms with Gasteiger partial charge in [0.2, 0.25) is 5.95 Å². The van der Waals surface area contributed by atoms with Crippen LogP contribution in [0.5, 0.6) is 0 Å². The van der Waals surface area contributed by atoms with Crippen LogP contribution in [0, 0.1) is 6.92 Å². The molecule has 0 amide bonds. The third kappa shape index (κ3) is 5.18. The van der Waals surface area contributed by atoms with Gasteiger partial charge in [-0.2, -0.15) is 18.2 Å². The second-order valence-electron chi connectivity index (χ2n) is 6.42. The van der Waals surface area contributed by atoms with E-state index in [1.54, 1.807) is 12.4 Å². The lowest BCUT2D eigenvalue weighted by Gasteiger charge is -2.19. The van der Waals surface area contributed by atoms with E-state index in [1.807, 2.05) is 37.1 Å². The van der Waals surface area contributed by atoms with Gasteiger partial charge >= 0.3 is 6.18 Å². The molecule has 0 fully saturated rings. The van der Waals surface area contributed by atoms with Crippen molar-refractivity contribution in [3.05, 3.63) is 71.7 Å². The van der Waals surface area contributed by atoms with Crippen molar-refractivity contribution in [2.24, 2.45) is 0 Å². The molecule has 3 rings (SSSR count). The zero-order chi connectivity index (χ0) is 20.1. The molecule has 1 aromatic carbocycles. The van der Waals surface area contributed by atoms with Crippen LogP contribution in [0.25, 0.3) is 0 Å². The highest BCUT2D eigenvalue weighted by molar-refractivity contribution is 5.56. The predicted octanol–water partition coefficient (Wildman–Crippen LogP) is 4.62. The van der Waals surface area contributed by atoms with E-state index in [1.165, 1.54) is 17.7 Å². The summed E-state index contributed by atoms with van der Waals surface area (Å²) in [5, 5.41) is 2.97. The number of rotatable bonds is 6. The van der Waals surface area contributed by atoms with Crippen LogP contribution in [0.2, 0.25) is 0 Å². The van der Waals surface area contributed by atoms with E-state index in [2.05, 4.69) is 20.3 Å². The fourth-order valence-electron chi connectivity index (χ4n) is 2.64. The number of likely N-dealkylation sites (N-methyl/N-ethyl adjacent to an activating group) is 1. The van der Waals surface area contributed by atoms with Gasteiger partial charge in [0.25, 0.3) is 0 Å². The maximum absolute atomic E-state index is 12.7. The number of hydrogen-bond acceptors (Lipinski definition) is 5. The van der Waals surface area contributed by atoms with Crippen molar-refractivity contribution in [3.63, 3.8) is 0 Å². The molecule has 0 spiro atoms. The Kier molecular flexibility index (Phi) is 5.77. The van der Waals surface area contributed by atoms with E-state index in [9.17, 15) is 13.2 Å². The number of anilines is 3. The topological polar surface area (TPSA) is 53.9 Å². The van der Waals surface area contributed by atoms with E-state index in [0.29, 0.717) is 11.6 Å². The fourth-order valence-corrected chi connectivity index (χ4v) is 2.64. The van der Waals surface area contributed by atoms with Crippen molar-refractivity contribution in [1.82, 2.24) is 15.0 Å². The average Bonchev–Trinajstić information content (AvgIpc) is 2.66. The molecule has 0 saturated heterocycles. The Bertz CT molecular complexity index is 911. The van der Waals surface area contributed by atoms with E-state index >= 15 is 0 Å². The summed E-state index contributed by atoms with van der Waals surface area (Å²) in [7, 11) is 1.94. The molecule has 146 valence electrons. The molecule has 1 N–H and O–H groups in total. The fraction of sp³-hybridized carbons (Fsp3) is 0.250. The van der Waals surface area contributed by atoms with E-state index in [-0.39, 0.29) is 0 Å². The number of halogens is 3. The molecule has 0 saturated carbocycles. The first kappa shape index (κ1) is 19.6. The number of benzene rings is 1. The monoisotopic (exact) mass is 387 g/mol. The van der Waals surface area contributed by atoms with Gasteiger partial charge in [0.1, 0.15) is 5.82 Å². The molecule has 8 heteroatoms. The lowest BCUT2D eigenvalue weighted by Crippen LogP contribution is -2.22. The van der Waals surface area contributed by atoms with Crippen molar-refractivity contribution in [2.75, 3.05) is 23.8 Å². The summed E-state index contributed by atoms with van der Waals surface area (Å²) in [4.78, 5) is 14.8. The standard InChI is InChI=1S/C20H20F3N5/c1-14-13-18(28(2)12-9-15-7-10-24-11-8-15)27-19(25-14)26-17-5-3-16(4-6-17)20(21,22)23/h3-8,10-11,13H,9,12H2,1-2H3,(H,25,26,27). The Morgan fingerprint density at radius 2 is 1.68 bits per heavy atom. The number of hydrogen-bond donors (Lipinski definition) is 1. The van der Waals surface area contributed by atoms with Crippen molar-refractivity contribution >= 4 is 17.5 Å². The Balaban J connectivity index is 1.70. The van der Waals surface area contributed by atoms with Crippen LogP contribution < -0.4 is 10.2 Å². The summed E-state index contributed by atoms with van der Waals surface area (Å²) in [5.41, 5.74) is 1.73. The van der Waals surface area contributed by atoms with Crippen LogP contribution in [0.3, 0.4) is 0 Å². The Hall–Kier alpha value is -3.16. The largest absolute Gasteiger partial charge is 0.416 e. The van der Waals surface area contributed by atoms with E-state index in [4.69, 9.17) is 0 Å². The first-order chi connectivity index (χ1) is 13.3. The summed E-state index contributed by atoms with van der Waals surface area (Å²) in [6.45, 7) is 2.60. The molecule has 28 heavy (non-hydrogen) atoms. The predicted molar refractivity (Wildman–Crippen MR) is 103 cm³/mol. The van der Waals surface area contributed by atoms with Gasteiger partial charge in [0.05, 0.1) is 5.56 Å². The second kappa shape index (κ2) is 8.24. The third-order valence-electron chi connectivity index (χ3n) is 4.19. The van der Waals surface area contributed by atoms with E-state index in [0.717, 1.165) is 36.6 Å². The van der Waals surface area contributed by atoms with Crippen molar-refractivity contribution in [2.45, 2.75) is 19.5 Å². The first-order valence-electron chi connectivity index (χ1n) is 8.71. The van der Waals surface area contributed by atoms with Gasteiger partial charge in [0.15, 0.2) is 0 Å². The minimum Gasteiger partial charge on any atom is -0.359 e. The Morgan fingerprint density at radius 3 is 2.32 bits per heavy atom. The first-order valence-corrected chi connectivity index (χ1v) is 8.71. The van der Waals surface area contributed by atoms with Gasteiger partial charge < -0.3 is 10.2 Å². The molecular formula is C20H20F3N5. The molecule has 0 aliphatic carbocycles. The molecule has 0 bridgehead atoms. The Labute approximate surface area is 161 Å². The number of nitrogens with zero attached hydrogens (tertiary/aromatic N) is 4. The molecule has 0 unspecified atom stereocenters. The third-order valence-corrected chi connectivity index (χ3v) is 4.19. The van der Waals surface area contributed by atoms with Gasteiger partial charge in [-0.05, 0) is 55.3 Å². The van der Waals surface area contributed by atoms with Crippen LogP contribution in [-0.2, 0) is 12.6 Å². The highest BCUT2D eigenvalue weighted by Crippen LogP contribution is 2.30. The summed E-state index contributed by atoms with van der Waals surface area (Å²) < 4.78 is 38.0. The summed E-state index contributed by atoms with van der Waals surface area (Å²) >= 11 is 0. The molecule has 3 aromatic rings. The summed E-state index contributed by atoms with van der Waals surface area (Å²) in [5.74, 6) is 1.07. The number of nitrogens with one attached hydrogen (secondary N) is 1. The highest BCUT2D eigenvalue weighted by Gasteiger charge is 2.29. The maximum atomic E-state index is 12.7. The summed E-state index contributed by atoms with van der Waals surface area (Å²) in [6.07, 6.45) is -0.000689. The highest BCUT2D eigenvalue weighted by atomic mass is 19.4. The molecule has 5 nitrogen and oxygen atoms in total. The van der Waals surface area contributed by atoms with Crippen molar-refractivity contribution in [1.29, 1.82) is 0 Å². The minimum absolute atomic E-state index is 0.338. The smallest absolute Gasteiger partial charge is 0.359 e. The summed E-state index contributed by atoms with van der Waals surface area (Å²) in [6, 6.07) is 10.6. The number of aryl methyl sites for hydroxylation is 1. The van der Waals surface area contributed by atoms with Gasteiger partial charge in [-0.3, -0.25) is 4.98 Å². The second-order valence-corrected chi connectivity index (χ2v) is 6.42. The van der Waals surface area contributed by atoms with Crippen LogP contribution in [0.4, 0.5) is 30.6 Å². The average molecular weight is 387 g/mol. The lowest BCUT2D eigenvalue weighted by molar-refractivity contribution is -0.137. The molecule has 0 aliphatic rings. The van der Waals surface area contributed by atoms with Crippen LogP contribution >= 0.6 is 0 Å². The number of aromatic nitrogens is 3. The molecule has 2 aromatic heterocycles. The van der Waals surface area contributed by atoms with Crippen LogP contribution in [0.15, 0.2) is 54.9 Å². The molecule has 2 heterocycles.